The highest BCUT2D eigenvalue weighted by Crippen LogP contribution is 2.30. The number of nitrogens with one attached hydrogen (secondary N) is 3. The number of H-pyrrole nitrogens is 1. The molecule has 0 bridgehead atoms. The molecular formula is C19H20N4O3S. The normalized spacial score (nSPS) is 15.6. The fourth-order valence-corrected chi connectivity index (χ4v) is 3.43. The Balaban J connectivity index is 1.88. The maximum atomic E-state index is 12.7. The minimum atomic E-state index is -0.894. The van der Waals surface area contributed by atoms with Crippen molar-refractivity contribution in [2.24, 2.45) is 0 Å². The number of carbonyl (C=O) groups is 2. The second kappa shape index (κ2) is 8.22. The Hall–Kier alpha value is -2.87. The van der Waals surface area contributed by atoms with Gasteiger partial charge in [0.25, 0.3) is 5.56 Å². The average Bonchev–Trinajstić information content (AvgIpc) is 2.66. The van der Waals surface area contributed by atoms with Gasteiger partial charge in [-0.05, 0) is 24.1 Å². The molecule has 2 amide bonds. The van der Waals surface area contributed by atoms with Crippen molar-refractivity contribution in [1.82, 2.24) is 9.97 Å². The summed E-state index contributed by atoms with van der Waals surface area (Å²) in [7, 11) is 0. The Morgan fingerprint density at radius 1 is 1.37 bits per heavy atom. The van der Waals surface area contributed by atoms with Gasteiger partial charge in [0.05, 0.1) is 11.5 Å². The van der Waals surface area contributed by atoms with E-state index in [0.717, 1.165) is 12.0 Å². The number of aromatic amines is 1. The van der Waals surface area contributed by atoms with E-state index in [2.05, 4.69) is 27.2 Å². The first-order valence-corrected chi connectivity index (χ1v) is 9.58. The van der Waals surface area contributed by atoms with Crippen LogP contribution >= 0.6 is 11.8 Å². The minimum absolute atomic E-state index is 0.101. The van der Waals surface area contributed by atoms with Gasteiger partial charge in [0.1, 0.15) is 5.82 Å². The number of carbonyl (C=O) groups excluding carboxylic acids is 2. The van der Waals surface area contributed by atoms with Crippen LogP contribution in [0.25, 0.3) is 0 Å². The van der Waals surface area contributed by atoms with Crippen molar-refractivity contribution in [3.05, 3.63) is 58.4 Å². The maximum absolute atomic E-state index is 12.7. The van der Waals surface area contributed by atoms with E-state index in [1.54, 1.807) is 18.2 Å². The van der Waals surface area contributed by atoms with Crippen LogP contribution in [-0.2, 0) is 16.0 Å². The first-order valence-electron chi connectivity index (χ1n) is 8.59. The molecule has 0 spiro atoms. The molecule has 0 fully saturated rings. The Morgan fingerprint density at radius 3 is 2.78 bits per heavy atom. The van der Waals surface area contributed by atoms with E-state index in [4.69, 9.17) is 0 Å². The molecule has 0 saturated carbocycles. The van der Waals surface area contributed by atoms with Crippen LogP contribution in [0.4, 0.5) is 11.5 Å². The van der Waals surface area contributed by atoms with Crippen molar-refractivity contribution < 1.29 is 9.59 Å². The third-order valence-electron chi connectivity index (χ3n) is 4.21. The van der Waals surface area contributed by atoms with Gasteiger partial charge < -0.3 is 15.6 Å². The van der Waals surface area contributed by atoms with Crippen LogP contribution in [0.3, 0.4) is 0 Å². The van der Waals surface area contributed by atoms with Gasteiger partial charge >= 0.3 is 0 Å². The summed E-state index contributed by atoms with van der Waals surface area (Å²) >= 11 is 1.29. The molecule has 140 valence electrons. The lowest BCUT2D eigenvalue weighted by Crippen LogP contribution is -2.36. The molecule has 8 heteroatoms. The number of fused-ring (bicyclic) bond motifs is 1. The van der Waals surface area contributed by atoms with Crippen LogP contribution in [0, 0.1) is 0 Å². The second-order valence-corrected chi connectivity index (χ2v) is 7.09. The predicted octanol–water partition coefficient (Wildman–Crippen LogP) is 2.67. The molecule has 1 aromatic carbocycles. The number of anilines is 2. The number of hydrogen-bond donors (Lipinski definition) is 3. The summed E-state index contributed by atoms with van der Waals surface area (Å²) in [5.41, 5.74) is 1.53. The van der Waals surface area contributed by atoms with Gasteiger partial charge in [-0.15, -0.1) is 6.58 Å². The molecule has 3 rings (SSSR count). The minimum Gasteiger partial charge on any atom is -0.326 e. The van der Waals surface area contributed by atoms with Gasteiger partial charge in [-0.2, -0.15) is 0 Å². The topological polar surface area (TPSA) is 104 Å². The monoisotopic (exact) mass is 384 g/mol. The van der Waals surface area contributed by atoms with Crippen molar-refractivity contribution in [2.75, 3.05) is 16.4 Å². The van der Waals surface area contributed by atoms with Crippen molar-refractivity contribution in [3.63, 3.8) is 0 Å². The predicted molar refractivity (Wildman–Crippen MR) is 106 cm³/mol. The molecule has 1 aliphatic rings. The lowest BCUT2D eigenvalue weighted by molar-refractivity contribution is -0.123. The zero-order valence-corrected chi connectivity index (χ0v) is 15.7. The fraction of sp³-hybridized carbons (Fsp3) is 0.263. The largest absolute Gasteiger partial charge is 0.326 e. The molecule has 2 aromatic rings. The van der Waals surface area contributed by atoms with Crippen LogP contribution in [0.15, 0.2) is 46.9 Å². The van der Waals surface area contributed by atoms with E-state index in [1.807, 2.05) is 19.1 Å². The number of amides is 2. The molecule has 1 aromatic heterocycles. The molecule has 0 aliphatic carbocycles. The summed E-state index contributed by atoms with van der Waals surface area (Å²) < 4.78 is 0. The Bertz CT molecular complexity index is 937. The number of hydrogen-bond acceptors (Lipinski definition) is 5. The van der Waals surface area contributed by atoms with Crippen molar-refractivity contribution >= 4 is 35.1 Å². The zero-order chi connectivity index (χ0) is 19.4. The van der Waals surface area contributed by atoms with E-state index in [1.165, 1.54) is 11.8 Å². The van der Waals surface area contributed by atoms with Crippen LogP contribution in [0.5, 0.6) is 0 Å². The summed E-state index contributed by atoms with van der Waals surface area (Å²) in [5.74, 6) is -0.943. The third kappa shape index (κ3) is 4.28. The van der Waals surface area contributed by atoms with Crippen molar-refractivity contribution in [1.29, 1.82) is 0 Å². The molecule has 2 heterocycles. The molecule has 27 heavy (non-hydrogen) atoms. The lowest BCUT2D eigenvalue weighted by Gasteiger charge is -2.23. The molecule has 7 nitrogen and oxygen atoms in total. The Kier molecular flexibility index (Phi) is 5.75. The Morgan fingerprint density at radius 2 is 2.11 bits per heavy atom. The summed E-state index contributed by atoms with van der Waals surface area (Å²) in [5, 5.41) is 5.75. The van der Waals surface area contributed by atoms with E-state index in [-0.39, 0.29) is 23.7 Å². The second-order valence-electron chi connectivity index (χ2n) is 6.08. The first-order chi connectivity index (χ1) is 13.0. The van der Waals surface area contributed by atoms with Crippen LogP contribution in [-0.4, -0.2) is 27.5 Å². The van der Waals surface area contributed by atoms with Crippen molar-refractivity contribution in [2.45, 2.75) is 30.8 Å². The molecular weight excluding hydrogens is 364 g/mol. The van der Waals surface area contributed by atoms with Crippen molar-refractivity contribution in [3.8, 4) is 0 Å². The molecule has 0 unspecified atom stereocenters. The summed E-state index contributed by atoms with van der Waals surface area (Å²) in [4.78, 5) is 44.3. The van der Waals surface area contributed by atoms with Gasteiger partial charge in [0.15, 0.2) is 5.16 Å². The number of rotatable bonds is 6. The zero-order valence-electron chi connectivity index (χ0n) is 14.9. The molecule has 3 N–H and O–H groups in total. The highest BCUT2D eigenvalue weighted by atomic mass is 32.2. The number of thioether (sulfide) groups is 1. The molecule has 1 atom stereocenters. The molecule has 1 aliphatic heterocycles. The number of aromatic nitrogens is 2. The van der Waals surface area contributed by atoms with E-state index in [9.17, 15) is 14.4 Å². The highest BCUT2D eigenvalue weighted by molar-refractivity contribution is 7.99. The summed E-state index contributed by atoms with van der Waals surface area (Å²) in [6.07, 6.45) is 2.48. The van der Waals surface area contributed by atoms with Crippen LogP contribution < -0.4 is 16.2 Å². The maximum Gasteiger partial charge on any atom is 0.257 e. The van der Waals surface area contributed by atoms with Gasteiger partial charge in [-0.1, -0.05) is 36.9 Å². The first kappa shape index (κ1) is 18.9. The van der Waals surface area contributed by atoms with E-state index in [0.29, 0.717) is 16.6 Å². The molecule has 0 radical (unpaired) electrons. The van der Waals surface area contributed by atoms with E-state index >= 15 is 0 Å². The highest BCUT2D eigenvalue weighted by Gasteiger charge is 2.34. The Labute approximate surface area is 160 Å². The quantitative estimate of drug-likeness (QED) is 0.404. The van der Waals surface area contributed by atoms with E-state index < -0.39 is 17.4 Å². The third-order valence-corrected chi connectivity index (χ3v) is 5.08. The lowest BCUT2D eigenvalue weighted by atomic mass is 9.92. The van der Waals surface area contributed by atoms with Crippen LogP contribution in [0.1, 0.15) is 30.4 Å². The van der Waals surface area contributed by atoms with Crippen LogP contribution in [0.2, 0.25) is 0 Å². The average molecular weight is 384 g/mol. The standard InChI is InChI=1S/C19H20N4O3S/c1-3-9-27-19-22-16-15(18(26)23-19)13(10-14(24)21-16)17(25)20-12-7-5-11(4-2)6-8-12/h3,5-8,13H,1,4,9-10H2,2H3,(H,20,25)(H2,21,22,23,24,26)/t13-/m1/s1. The van der Waals surface area contributed by atoms with Gasteiger partial charge in [0.2, 0.25) is 11.8 Å². The fourth-order valence-electron chi connectivity index (χ4n) is 2.83. The smallest absolute Gasteiger partial charge is 0.257 e. The number of nitrogens with zero attached hydrogens (tertiary/aromatic N) is 1. The summed E-state index contributed by atoms with van der Waals surface area (Å²) in [6, 6.07) is 7.46. The number of benzene rings is 1. The molecule has 0 saturated heterocycles. The van der Waals surface area contributed by atoms with Gasteiger partial charge in [0, 0.05) is 17.9 Å². The van der Waals surface area contributed by atoms with Gasteiger partial charge in [-0.25, -0.2) is 4.98 Å². The number of aryl methyl sites for hydroxylation is 1. The summed E-state index contributed by atoms with van der Waals surface area (Å²) in [6.45, 7) is 5.67. The van der Waals surface area contributed by atoms with Gasteiger partial charge in [-0.3, -0.25) is 14.4 Å². The SMILES string of the molecule is C=CCSc1nc2c(c(=O)[nH]1)[C@H](C(=O)Nc1ccc(CC)cc1)CC(=O)N2.